The van der Waals surface area contributed by atoms with E-state index in [1.54, 1.807) is 31.2 Å². The van der Waals surface area contributed by atoms with Gasteiger partial charge in [0.1, 0.15) is 0 Å². The van der Waals surface area contributed by atoms with E-state index in [2.05, 4.69) is 22.0 Å². The van der Waals surface area contributed by atoms with Gasteiger partial charge in [0.05, 0.1) is 33.9 Å². The molecule has 0 fully saturated rings. The number of hydrogen-bond donors (Lipinski definition) is 3. The summed E-state index contributed by atoms with van der Waals surface area (Å²) < 4.78 is 39.0. The highest BCUT2D eigenvalue weighted by Crippen LogP contribution is 2.42. The maximum atomic E-state index is 13.3. The molecule has 3 N–H and O–H groups in total. The van der Waals surface area contributed by atoms with E-state index in [-0.39, 0.29) is 22.9 Å². The molecule has 0 radical (unpaired) electrons. The molecule has 0 saturated carbocycles. The molecule has 1 atom stereocenters. The number of nitrogens with one attached hydrogen (secondary N) is 3. The van der Waals surface area contributed by atoms with Crippen molar-refractivity contribution in [1.82, 2.24) is 5.32 Å². The Labute approximate surface area is 225 Å². The maximum absolute atomic E-state index is 13.3. The lowest BCUT2D eigenvalue weighted by Gasteiger charge is -2.29. The largest absolute Gasteiger partial charge is 0.416 e. The van der Waals surface area contributed by atoms with Gasteiger partial charge in [-0.15, -0.1) is 11.3 Å². The van der Waals surface area contributed by atoms with Crippen molar-refractivity contribution in [3.05, 3.63) is 104 Å². The molecule has 38 heavy (non-hydrogen) atoms. The number of rotatable bonds is 7. The predicted octanol–water partition coefficient (Wildman–Crippen LogP) is 6.47. The average molecular weight is 555 g/mol. The molecule has 2 heterocycles. The van der Waals surface area contributed by atoms with Crippen molar-refractivity contribution < 1.29 is 22.8 Å². The minimum absolute atomic E-state index is 0.0175. The number of allylic oxidation sites excluding steroid dienone is 2. The van der Waals surface area contributed by atoms with E-state index in [1.807, 2.05) is 23.6 Å². The summed E-state index contributed by atoms with van der Waals surface area (Å²) in [4.78, 5) is 26.7. The molecule has 3 aromatic rings. The number of carbonyl (C=O) groups is 2. The van der Waals surface area contributed by atoms with Crippen molar-refractivity contribution in [3.63, 3.8) is 0 Å². The Hall–Kier alpha value is -4.01. The molecule has 4 rings (SSSR count). The number of thiophene rings is 1. The normalized spacial score (nSPS) is 15.5. The summed E-state index contributed by atoms with van der Waals surface area (Å²) in [6.45, 7) is 1.72. The highest BCUT2D eigenvalue weighted by Gasteiger charge is 2.35. The first-order chi connectivity index (χ1) is 18.2. The van der Waals surface area contributed by atoms with Crippen LogP contribution in [0.25, 0.3) is 0 Å². The van der Waals surface area contributed by atoms with Gasteiger partial charge in [-0.2, -0.15) is 18.4 Å². The molecule has 0 aliphatic carbocycles. The van der Waals surface area contributed by atoms with Gasteiger partial charge in [-0.3, -0.25) is 9.59 Å². The Kier molecular flexibility index (Phi) is 8.24. The SMILES string of the molecule is CC1=C(C(=O)Nc2ccccc2)C(c2cccs2)C(C#N)=C(SCC(=O)Nc2cccc(C(F)(F)F)c2)N1. The van der Waals surface area contributed by atoms with Crippen LogP contribution in [0, 0.1) is 11.3 Å². The number of thioether (sulfide) groups is 1. The molecular formula is C27H21F3N4O2S2. The number of hydrogen-bond acceptors (Lipinski definition) is 6. The van der Waals surface area contributed by atoms with Gasteiger partial charge in [-0.05, 0) is 48.7 Å². The van der Waals surface area contributed by atoms with Gasteiger partial charge >= 0.3 is 6.18 Å². The lowest BCUT2D eigenvalue weighted by atomic mass is 9.86. The van der Waals surface area contributed by atoms with E-state index in [1.165, 1.54) is 23.5 Å². The second kappa shape index (κ2) is 11.6. The van der Waals surface area contributed by atoms with E-state index < -0.39 is 23.6 Å². The summed E-state index contributed by atoms with van der Waals surface area (Å²) >= 11 is 2.44. The van der Waals surface area contributed by atoms with E-state index in [0.29, 0.717) is 22.0 Å². The number of nitrogens with zero attached hydrogens (tertiary/aromatic N) is 1. The van der Waals surface area contributed by atoms with Crippen molar-refractivity contribution in [2.75, 3.05) is 16.4 Å². The zero-order valence-corrected chi connectivity index (χ0v) is 21.6. The molecule has 1 aromatic heterocycles. The lowest BCUT2D eigenvalue weighted by molar-refractivity contribution is -0.137. The number of dihydropyridines is 1. The zero-order chi connectivity index (χ0) is 27.3. The Morgan fingerprint density at radius 2 is 1.79 bits per heavy atom. The maximum Gasteiger partial charge on any atom is 0.416 e. The fraction of sp³-hybridized carbons (Fsp3) is 0.148. The van der Waals surface area contributed by atoms with Crippen molar-refractivity contribution in [3.8, 4) is 6.07 Å². The Morgan fingerprint density at radius 3 is 2.45 bits per heavy atom. The minimum atomic E-state index is -4.53. The van der Waals surface area contributed by atoms with Crippen molar-refractivity contribution in [1.29, 1.82) is 5.26 Å². The third-order valence-electron chi connectivity index (χ3n) is 5.57. The Balaban J connectivity index is 1.55. The van der Waals surface area contributed by atoms with Gasteiger partial charge in [-0.25, -0.2) is 0 Å². The van der Waals surface area contributed by atoms with Crippen molar-refractivity contribution >= 4 is 46.3 Å². The fourth-order valence-corrected chi connectivity index (χ4v) is 5.63. The quantitative estimate of drug-likeness (QED) is 0.311. The minimum Gasteiger partial charge on any atom is -0.353 e. The topological polar surface area (TPSA) is 94.0 Å². The van der Waals surface area contributed by atoms with Crippen LogP contribution in [0.3, 0.4) is 0 Å². The van der Waals surface area contributed by atoms with E-state index in [9.17, 15) is 28.0 Å². The molecule has 194 valence electrons. The van der Waals surface area contributed by atoms with E-state index in [0.717, 1.165) is 28.8 Å². The number of para-hydroxylation sites is 1. The monoisotopic (exact) mass is 554 g/mol. The van der Waals surface area contributed by atoms with Crippen LogP contribution in [0.4, 0.5) is 24.5 Å². The smallest absolute Gasteiger partial charge is 0.353 e. The summed E-state index contributed by atoms with van der Waals surface area (Å²) in [7, 11) is 0. The Morgan fingerprint density at radius 1 is 1.05 bits per heavy atom. The number of amides is 2. The molecule has 1 unspecified atom stereocenters. The summed E-state index contributed by atoms with van der Waals surface area (Å²) in [6.07, 6.45) is -4.53. The molecule has 0 spiro atoms. The van der Waals surface area contributed by atoms with Gasteiger partial charge in [0.15, 0.2) is 0 Å². The van der Waals surface area contributed by atoms with Gasteiger partial charge in [0, 0.05) is 27.5 Å². The van der Waals surface area contributed by atoms with Crippen LogP contribution in [0.5, 0.6) is 0 Å². The molecular weight excluding hydrogens is 533 g/mol. The lowest BCUT2D eigenvalue weighted by Crippen LogP contribution is -2.30. The molecule has 1 aliphatic heterocycles. The first-order valence-corrected chi connectivity index (χ1v) is 13.2. The van der Waals surface area contributed by atoms with Crippen LogP contribution >= 0.6 is 23.1 Å². The number of anilines is 2. The first kappa shape index (κ1) is 27.0. The summed E-state index contributed by atoms with van der Waals surface area (Å²) in [5.41, 5.74) is 0.933. The van der Waals surface area contributed by atoms with Crippen LogP contribution < -0.4 is 16.0 Å². The highest BCUT2D eigenvalue weighted by atomic mass is 32.2. The van der Waals surface area contributed by atoms with Crippen LogP contribution in [-0.2, 0) is 15.8 Å². The van der Waals surface area contributed by atoms with Crippen LogP contribution in [-0.4, -0.2) is 17.6 Å². The number of nitriles is 1. The number of benzene rings is 2. The highest BCUT2D eigenvalue weighted by molar-refractivity contribution is 8.03. The van der Waals surface area contributed by atoms with Gasteiger partial charge in [0.2, 0.25) is 5.91 Å². The molecule has 2 amide bonds. The standard InChI is InChI=1S/C27H21F3N4O2S2/c1-16-23(25(36)34-18-8-3-2-4-9-18)24(21-11-6-12-37-21)20(14-31)26(32-16)38-15-22(35)33-19-10-5-7-17(13-19)27(28,29)30/h2-13,24,32H,15H2,1H3,(H,33,35)(H,34,36). The molecule has 11 heteroatoms. The molecule has 1 aliphatic rings. The molecule has 0 saturated heterocycles. The first-order valence-electron chi connectivity index (χ1n) is 11.3. The number of carbonyl (C=O) groups excluding carboxylic acids is 2. The van der Waals surface area contributed by atoms with Gasteiger partial charge in [-0.1, -0.05) is 42.1 Å². The molecule has 0 bridgehead atoms. The van der Waals surface area contributed by atoms with Crippen molar-refractivity contribution in [2.45, 2.75) is 19.0 Å². The van der Waals surface area contributed by atoms with E-state index >= 15 is 0 Å². The summed E-state index contributed by atoms with van der Waals surface area (Å²) in [5, 5.41) is 20.8. The van der Waals surface area contributed by atoms with Gasteiger partial charge < -0.3 is 16.0 Å². The van der Waals surface area contributed by atoms with Crippen molar-refractivity contribution in [2.24, 2.45) is 0 Å². The molecule has 2 aromatic carbocycles. The summed E-state index contributed by atoms with van der Waals surface area (Å²) in [6, 6.07) is 19.2. The van der Waals surface area contributed by atoms with Crippen LogP contribution in [0.2, 0.25) is 0 Å². The fourth-order valence-electron chi connectivity index (χ4n) is 3.90. The second-order valence-electron chi connectivity index (χ2n) is 8.20. The second-order valence-corrected chi connectivity index (χ2v) is 10.2. The van der Waals surface area contributed by atoms with Gasteiger partial charge in [0.25, 0.3) is 5.91 Å². The molecule has 6 nitrogen and oxygen atoms in total. The predicted molar refractivity (Wildman–Crippen MR) is 143 cm³/mol. The number of halogens is 3. The van der Waals surface area contributed by atoms with Crippen LogP contribution in [0.15, 0.2) is 94.0 Å². The average Bonchev–Trinajstić information content (AvgIpc) is 3.42. The Bertz CT molecular complexity index is 1440. The van der Waals surface area contributed by atoms with Crippen LogP contribution in [0.1, 0.15) is 23.3 Å². The third kappa shape index (κ3) is 6.27. The van der Waals surface area contributed by atoms with E-state index in [4.69, 9.17) is 0 Å². The third-order valence-corrected chi connectivity index (χ3v) is 7.53. The zero-order valence-electron chi connectivity index (χ0n) is 19.9. The number of alkyl halides is 3. The summed E-state index contributed by atoms with van der Waals surface area (Å²) in [5.74, 6) is -1.72.